The predicted octanol–water partition coefficient (Wildman–Crippen LogP) is 6.58. The van der Waals surface area contributed by atoms with Crippen molar-refractivity contribution in [2.45, 2.75) is 55.6 Å². The molecular weight excluding hydrogens is 501 g/mol. The normalized spacial score (nSPS) is 18.2. The number of nitrogens with zero attached hydrogens (tertiary/aromatic N) is 4. The van der Waals surface area contributed by atoms with Crippen LogP contribution >= 0.6 is 11.8 Å². The summed E-state index contributed by atoms with van der Waals surface area (Å²) in [5, 5.41) is 0.968. The minimum absolute atomic E-state index is 0.0139. The molecular formula is C27H27F3N4O2S. The van der Waals surface area contributed by atoms with Gasteiger partial charge in [-0.1, -0.05) is 6.07 Å². The van der Waals surface area contributed by atoms with Crippen molar-refractivity contribution in [2.75, 3.05) is 22.9 Å². The zero-order chi connectivity index (χ0) is 26.4. The number of urea groups is 1. The van der Waals surface area contributed by atoms with Crippen molar-refractivity contribution in [1.82, 2.24) is 9.88 Å². The van der Waals surface area contributed by atoms with E-state index in [1.807, 2.05) is 18.2 Å². The first-order valence-corrected chi connectivity index (χ1v) is 13.0. The minimum atomic E-state index is -4.42. The van der Waals surface area contributed by atoms with E-state index in [-0.39, 0.29) is 28.9 Å². The van der Waals surface area contributed by atoms with Crippen molar-refractivity contribution in [3.8, 4) is 0 Å². The molecule has 0 radical (unpaired) electrons. The Morgan fingerprint density at radius 1 is 0.973 bits per heavy atom. The quantitative estimate of drug-likeness (QED) is 0.276. The number of hydrogen-bond acceptors (Lipinski definition) is 5. The lowest BCUT2D eigenvalue weighted by Gasteiger charge is -2.32. The van der Waals surface area contributed by atoms with Gasteiger partial charge in [0.2, 0.25) is 0 Å². The van der Waals surface area contributed by atoms with Crippen molar-refractivity contribution in [2.24, 2.45) is 0 Å². The van der Waals surface area contributed by atoms with E-state index < -0.39 is 23.0 Å². The molecule has 0 N–H and O–H groups in total. The highest BCUT2D eigenvalue weighted by molar-refractivity contribution is 8.00. The number of carbonyl (C=O) groups is 2. The number of imide groups is 1. The molecule has 0 bridgehead atoms. The van der Waals surface area contributed by atoms with Gasteiger partial charge in [0.15, 0.2) is 0 Å². The molecule has 194 valence electrons. The largest absolute Gasteiger partial charge is 0.446 e. The van der Waals surface area contributed by atoms with Crippen LogP contribution < -0.4 is 9.80 Å². The van der Waals surface area contributed by atoms with Gasteiger partial charge in [-0.05, 0) is 92.9 Å². The highest BCUT2D eigenvalue weighted by Gasteiger charge is 2.52. The fourth-order valence-electron chi connectivity index (χ4n) is 5.08. The monoisotopic (exact) mass is 528 g/mol. The average Bonchev–Trinajstić information content (AvgIpc) is 3.03. The Labute approximate surface area is 217 Å². The Bertz CT molecular complexity index is 1330. The number of aromatic nitrogens is 1. The Hall–Kier alpha value is -3.27. The van der Waals surface area contributed by atoms with E-state index in [1.165, 1.54) is 35.6 Å². The Morgan fingerprint density at radius 3 is 2.35 bits per heavy atom. The van der Waals surface area contributed by atoms with Gasteiger partial charge in [0.05, 0.1) is 11.2 Å². The summed E-state index contributed by atoms with van der Waals surface area (Å²) in [6.07, 6.45) is 5.15. The summed E-state index contributed by atoms with van der Waals surface area (Å²) in [7, 11) is 0. The van der Waals surface area contributed by atoms with Crippen LogP contribution in [0.15, 0.2) is 59.6 Å². The molecule has 37 heavy (non-hydrogen) atoms. The van der Waals surface area contributed by atoms with Crippen LogP contribution in [0.1, 0.15) is 38.7 Å². The molecule has 0 aliphatic carbocycles. The van der Waals surface area contributed by atoms with Crippen LogP contribution in [-0.4, -0.2) is 46.0 Å². The lowest BCUT2D eigenvalue weighted by molar-refractivity contribution is -0.123. The molecule has 0 spiro atoms. The molecule has 1 aromatic heterocycles. The smallest absolute Gasteiger partial charge is 0.371 e. The second-order valence-corrected chi connectivity index (χ2v) is 10.9. The highest BCUT2D eigenvalue weighted by atomic mass is 32.2. The molecule has 0 saturated carbocycles. The third kappa shape index (κ3) is 4.86. The standard InChI is InChI=1S/C27H27F3N4O2S/c1-26(2)24(35)34(19-9-11-20(12-10-19)37-27(28,29)30)25(36)33(26)17-18-13-14-31-21-7-6-8-22(23(18)21)32-15-4-3-5-16-32/h6-14H,3-5,15-17H2,1-2H3. The van der Waals surface area contributed by atoms with E-state index >= 15 is 0 Å². The van der Waals surface area contributed by atoms with Crippen LogP contribution in [0.5, 0.6) is 0 Å². The number of thioether (sulfide) groups is 1. The number of piperidine rings is 1. The number of rotatable bonds is 5. The van der Waals surface area contributed by atoms with Crippen LogP contribution in [0, 0.1) is 0 Å². The molecule has 3 heterocycles. The Morgan fingerprint density at radius 2 is 1.68 bits per heavy atom. The van der Waals surface area contributed by atoms with Crippen LogP contribution in [-0.2, 0) is 11.3 Å². The number of hydrogen-bond donors (Lipinski definition) is 0. The summed E-state index contributed by atoms with van der Waals surface area (Å²) in [4.78, 5) is 36.4. The van der Waals surface area contributed by atoms with Gasteiger partial charge in [-0.2, -0.15) is 13.2 Å². The molecule has 6 nitrogen and oxygen atoms in total. The lowest BCUT2D eigenvalue weighted by Crippen LogP contribution is -2.43. The highest BCUT2D eigenvalue weighted by Crippen LogP contribution is 2.39. The number of halogens is 3. The van der Waals surface area contributed by atoms with Crippen LogP contribution in [0.2, 0.25) is 0 Å². The van der Waals surface area contributed by atoms with E-state index in [0.29, 0.717) is 0 Å². The third-order valence-electron chi connectivity index (χ3n) is 7.01. The molecule has 3 aromatic rings. The Balaban J connectivity index is 1.47. The first-order valence-electron chi connectivity index (χ1n) is 12.2. The maximum absolute atomic E-state index is 13.6. The van der Waals surface area contributed by atoms with E-state index in [0.717, 1.165) is 53.0 Å². The van der Waals surface area contributed by atoms with Crippen LogP contribution in [0.4, 0.5) is 29.3 Å². The predicted molar refractivity (Wildman–Crippen MR) is 139 cm³/mol. The third-order valence-corrected chi connectivity index (χ3v) is 7.75. The van der Waals surface area contributed by atoms with Gasteiger partial charge in [0.25, 0.3) is 5.91 Å². The number of pyridine rings is 1. The SMILES string of the molecule is CC1(C)C(=O)N(c2ccc(SC(F)(F)F)cc2)C(=O)N1Cc1ccnc2cccc(N3CCCCC3)c12. The molecule has 2 fully saturated rings. The second kappa shape index (κ2) is 9.55. The van der Waals surface area contributed by atoms with Crippen molar-refractivity contribution in [3.05, 3.63) is 60.3 Å². The molecule has 3 amide bonds. The zero-order valence-electron chi connectivity index (χ0n) is 20.6. The van der Waals surface area contributed by atoms with Crippen molar-refractivity contribution in [3.63, 3.8) is 0 Å². The summed E-state index contributed by atoms with van der Waals surface area (Å²) in [6.45, 7) is 5.49. The maximum Gasteiger partial charge on any atom is 0.446 e. The summed E-state index contributed by atoms with van der Waals surface area (Å²) >= 11 is -0.239. The zero-order valence-corrected chi connectivity index (χ0v) is 21.4. The minimum Gasteiger partial charge on any atom is -0.371 e. The molecule has 0 unspecified atom stereocenters. The van der Waals surface area contributed by atoms with Crippen LogP contribution in [0.25, 0.3) is 10.9 Å². The first-order chi connectivity index (χ1) is 17.6. The van der Waals surface area contributed by atoms with Crippen molar-refractivity contribution >= 4 is 46.0 Å². The van der Waals surface area contributed by atoms with E-state index in [9.17, 15) is 22.8 Å². The van der Waals surface area contributed by atoms with Gasteiger partial charge < -0.3 is 9.80 Å². The second-order valence-electron chi connectivity index (χ2n) is 9.80. The Kier molecular flexibility index (Phi) is 6.55. The number of anilines is 2. The van der Waals surface area contributed by atoms with Gasteiger partial charge in [0.1, 0.15) is 5.54 Å². The van der Waals surface area contributed by atoms with E-state index in [1.54, 1.807) is 20.0 Å². The van der Waals surface area contributed by atoms with Crippen molar-refractivity contribution in [1.29, 1.82) is 0 Å². The summed E-state index contributed by atoms with van der Waals surface area (Å²) in [5.74, 6) is -0.427. The topological polar surface area (TPSA) is 56.8 Å². The first kappa shape index (κ1) is 25.4. The maximum atomic E-state index is 13.6. The number of benzene rings is 2. The van der Waals surface area contributed by atoms with E-state index in [4.69, 9.17) is 0 Å². The van der Waals surface area contributed by atoms with E-state index in [2.05, 4.69) is 16.0 Å². The fourth-order valence-corrected chi connectivity index (χ4v) is 5.62. The van der Waals surface area contributed by atoms with Gasteiger partial charge in [-0.25, -0.2) is 9.69 Å². The van der Waals surface area contributed by atoms with Gasteiger partial charge in [-0.15, -0.1) is 0 Å². The number of alkyl halides is 3. The molecule has 2 aliphatic heterocycles. The summed E-state index contributed by atoms with van der Waals surface area (Å²) in [6, 6.07) is 12.7. The van der Waals surface area contributed by atoms with Gasteiger partial charge >= 0.3 is 11.5 Å². The number of amides is 3. The average molecular weight is 529 g/mol. The number of carbonyl (C=O) groups excluding carboxylic acids is 2. The fraction of sp³-hybridized carbons (Fsp3) is 0.370. The number of fused-ring (bicyclic) bond motifs is 1. The van der Waals surface area contributed by atoms with Gasteiger partial charge in [0, 0.05) is 41.8 Å². The van der Waals surface area contributed by atoms with Crippen LogP contribution in [0.3, 0.4) is 0 Å². The molecule has 5 rings (SSSR count). The molecule has 2 saturated heterocycles. The molecule has 2 aliphatic rings. The van der Waals surface area contributed by atoms with Gasteiger partial charge in [-0.3, -0.25) is 9.78 Å². The summed E-state index contributed by atoms with van der Waals surface area (Å²) in [5.41, 5.74) is -2.53. The molecule has 10 heteroatoms. The van der Waals surface area contributed by atoms with Crippen molar-refractivity contribution < 1.29 is 22.8 Å². The molecule has 2 aromatic carbocycles. The summed E-state index contributed by atoms with van der Waals surface area (Å²) < 4.78 is 38.1. The molecule has 0 atom stereocenters. The lowest BCUT2D eigenvalue weighted by atomic mass is 10.0.